The summed E-state index contributed by atoms with van der Waals surface area (Å²) in [4.78, 5) is 10.9. The predicted molar refractivity (Wildman–Crippen MR) is 86.6 cm³/mol. The Labute approximate surface area is 268 Å². The quantitative estimate of drug-likeness (QED) is 0.391. The topological polar surface area (TPSA) is 92.1 Å². The van der Waals surface area contributed by atoms with Crippen molar-refractivity contribution in [3.05, 3.63) is 38.0 Å². The molecule has 0 saturated carbocycles. The van der Waals surface area contributed by atoms with Crippen LogP contribution >= 0.6 is 0 Å². The minimum atomic E-state index is 0. The summed E-state index contributed by atoms with van der Waals surface area (Å²) in [6.07, 6.45) is 13.4. The van der Waals surface area contributed by atoms with Gasteiger partial charge in [0, 0.05) is 149 Å². The zero-order valence-electron chi connectivity index (χ0n) is 17.2. The van der Waals surface area contributed by atoms with E-state index in [-0.39, 0.29) is 131 Å². The summed E-state index contributed by atoms with van der Waals surface area (Å²) in [5.74, 6) is 0. The molecule has 0 unspecified atom stereocenters. The van der Waals surface area contributed by atoms with Crippen molar-refractivity contribution in [2.24, 2.45) is 0 Å². The number of aromatic nitrogens is 9. The van der Waals surface area contributed by atoms with Gasteiger partial charge in [-0.25, -0.2) is 0 Å². The molecule has 3 aromatic heterocycles. The average molecular weight is 685 g/mol. The summed E-state index contributed by atoms with van der Waals surface area (Å²) in [6.45, 7) is 12.2. The fraction of sp³-hybridized carbons (Fsp3) is 0.600. The molecule has 0 N–H and O–H groups in total. The van der Waals surface area contributed by atoms with Gasteiger partial charge in [-0.05, 0) is 66.9 Å². The Balaban J connectivity index is -0.000000144. The Morgan fingerprint density at radius 3 is 1.50 bits per heavy atom. The van der Waals surface area contributed by atoms with E-state index in [1.165, 1.54) is 6.33 Å². The Bertz CT molecular complexity index is 536. The third-order valence-corrected chi connectivity index (χ3v) is 2.65. The van der Waals surface area contributed by atoms with Crippen LogP contribution in [0.25, 0.3) is 0 Å². The zero-order chi connectivity index (χ0) is 17.9. The summed E-state index contributed by atoms with van der Waals surface area (Å²) >= 11 is 0. The molecular formula is C15H23N9Y4-4. The molecule has 0 atom stereocenters. The molecule has 9 nitrogen and oxygen atoms in total. The van der Waals surface area contributed by atoms with Crippen molar-refractivity contribution in [3.8, 4) is 0 Å². The standard InChI is InChI=1S/2C5H8N3.C5H7N3.4Y/c3*1-5(2)8-4-6-3-7-8;;;;/h4-5H,1-2H3;3,5H,1-2H3;5H,1-2H3;;;;/q2*-1;-2;;;;. The summed E-state index contributed by atoms with van der Waals surface area (Å²) in [6, 6.07) is 1.11. The molecule has 0 aliphatic rings. The molecule has 0 fully saturated rings. The Hall–Kier alpha value is 1.84. The molecule has 28 heavy (non-hydrogen) atoms. The number of nitrogens with zero attached hydrogens (tertiary/aromatic N) is 9. The van der Waals surface area contributed by atoms with Gasteiger partial charge in [0.15, 0.2) is 0 Å². The van der Waals surface area contributed by atoms with Crippen LogP contribution in [0.3, 0.4) is 0 Å². The minimum absolute atomic E-state index is 0. The van der Waals surface area contributed by atoms with Gasteiger partial charge in [0.05, 0.1) is 0 Å². The van der Waals surface area contributed by atoms with Crippen LogP contribution in [0.4, 0.5) is 0 Å². The third kappa shape index (κ3) is 16.5. The normalized spacial score (nSPS) is 8.89. The fourth-order valence-electron chi connectivity index (χ4n) is 1.28. The predicted octanol–water partition coefficient (Wildman–Crippen LogP) is 1.77. The minimum Gasteiger partial charge on any atom is -0.638 e. The van der Waals surface area contributed by atoms with Crippen LogP contribution in [-0.4, -0.2) is 44.3 Å². The fourth-order valence-corrected chi connectivity index (χ4v) is 1.28. The molecule has 0 amide bonds. The molecule has 0 aromatic carbocycles. The van der Waals surface area contributed by atoms with E-state index >= 15 is 0 Å². The van der Waals surface area contributed by atoms with E-state index in [9.17, 15) is 0 Å². The summed E-state index contributed by atoms with van der Waals surface area (Å²) in [7, 11) is 0. The SMILES string of the molecule is CC(C)n1[c-]n[c-]n1.CC(C)n1[c-]ncn1.CC(C)n1cn[c-]n1.[Y].[Y].[Y].[Y]. The van der Waals surface area contributed by atoms with E-state index in [1.54, 1.807) is 20.4 Å². The van der Waals surface area contributed by atoms with Gasteiger partial charge < -0.3 is 40.4 Å². The van der Waals surface area contributed by atoms with Crippen LogP contribution in [0.2, 0.25) is 0 Å². The molecule has 0 aliphatic heterocycles. The summed E-state index contributed by atoms with van der Waals surface area (Å²) in [5.41, 5.74) is 0. The molecule has 4 radical (unpaired) electrons. The van der Waals surface area contributed by atoms with Crippen LogP contribution in [-0.2, 0) is 131 Å². The van der Waals surface area contributed by atoms with E-state index in [0.717, 1.165) is 0 Å². The molecule has 144 valence electrons. The molecule has 3 heterocycles. The van der Waals surface area contributed by atoms with Crippen LogP contribution in [0.15, 0.2) is 12.7 Å². The zero-order valence-corrected chi connectivity index (χ0v) is 28.6. The molecule has 0 spiro atoms. The molecule has 0 saturated heterocycles. The molecule has 3 aromatic rings. The number of hydrogen-bond acceptors (Lipinski definition) is 6. The van der Waals surface area contributed by atoms with Crippen molar-refractivity contribution < 1.29 is 131 Å². The van der Waals surface area contributed by atoms with Crippen molar-refractivity contribution in [2.75, 3.05) is 0 Å². The molecular weight excluding hydrogens is 662 g/mol. The van der Waals surface area contributed by atoms with Crippen LogP contribution in [0.5, 0.6) is 0 Å². The maximum Gasteiger partial charge on any atom is 0.0272 e. The second kappa shape index (κ2) is 22.0. The Morgan fingerprint density at radius 2 is 1.29 bits per heavy atom. The first-order chi connectivity index (χ1) is 11.4. The first-order valence-corrected chi connectivity index (χ1v) is 7.66. The monoisotopic (exact) mass is 685 g/mol. The van der Waals surface area contributed by atoms with E-state index in [1.807, 2.05) is 41.5 Å². The van der Waals surface area contributed by atoms with Crippen molar-refractivity contribution in [2.45, 2.75) is 59.7 Å². The molecule has 0 bridgehead atoms. The van der Waals surface area contributed by atoms with E-state index < -0.39 is 0 Å². The molecule has 0 aliphatic carbocycles. The van der Waals surface area contributed by atoms with Gasteiger partial charge in [0.25, 0.3) is 0 Å². The van der Waals surface area contributed by atoms with Gasteiger partial charge in [0.1, 0.15) is 0 Å². The van der Waals surface area contributed by atoms with E-state index in [2.05, 4.69) is 55.6 Å². The van der Waals surface area contributed by atoms with Gasteiger partial charge in [-0.15, -0.1) is 0 Å². The van der Waals surface area contributed by atoms with Gasteiger partial charge in [0.2, 0.25) is 0 Å². The van der Waals surface area contributed by atoms with E-state index in [0.29, 0.717) is 18.1 Å². The average Bonchev–Trinajstić information content (AvgIpc) is 3.29. The van der Waals surface area contributed by atoms with Gasteiger partial charge >= 0.3 is 0 Å². The van der Waals surface area contributed by atoms with Crippen molar-refractivity contribution in [1.82, 2.24) is 44.3 Å². The maximum absolute atomic E-state index is 3.87. The Kier molecular flexibility index (Phi) is 29.3. The van der Waals surface area contributed by atoms with Gasteiger partial charge in [-0.3, -0.25) is 16.5 Å². The smallest absolute Gasteiger partial charge is 0.0272 e. The first-order valence-electron chi connectivity index (χ1n) is 7.66. The molecule has 13 heteroatoms. The second-order valence-electron chi connectivity index (χ2n) is 5.67. The van der Waals surface area contributed by atoms with Gasteiger partial charge in [-0.2, -0.15) is 0 Å². The van der Waals surface area contributed by atoms with Gasteiger partial charge in [-0.1, -0.05) is 0 Å². The van der Waals surface area contributed by atoms with Crippen LogP contribution < -0.4 is 0 Å². The summed E-state index contributed by atoms with van der Waals surface area (Å²) < 4.78 is 5.06. The molecule has 3 rings (SSSR count). The maximum atomic E-state index is 3.87. The number of rotatable bonds is 3. The number of hydrogen-bond donors (Lipinski definition) is 0. The van der Waals surface area contributed by atoms with Crippen molar-refractivity contribution in [3.63, 3.8) is 0 Å². The summed E-state index contributed by atoms with van der Waals surface area (Å²) in [5, 5.41) is 11.4. The van der Waals surface area contributed by atoms with Crippen molar-refractivity contribution >= 4 is 0 Å². The van der Waals surface area contributed by atoms with E-state index in [4.69, 9.17) is 0 Å². The largest absolute Gasteiger partial charge is 0.638 e. The first kappa shape index (κ1) is 37.2. The van der Waals surface area contributed by atoms with Crippen LogP contribution in [0, 0.1) is 25.3 Å². The second-order valence-corrected chi connectivity index (χ2v) is 5.67. The third-order valence-electron chi connectivity index (χ3n) is 2.65. The van der Waals surface area contributed by atoms with Crippen molar-refractivity contribution in [1.29, 1.82) is 0 Å². The van der Waals surface area contributed by atoms with Crippen LogP contribution in [0.1, 0.15) is 59.7 Å². The Morgan fingerprint density at radius 1 is 0.679 bits per heavy atom.